The fourth-order valence-electron chi connectivity index (χ4n) is 2.47. The van der Waals surface area contributed by atoms with E-state index in [4.69, 9.17) is 23.2 Å². The molecular weight excluding hydrogens is 439 g/mol. The molecule has 0 aliphatic heterocycles. The van der Waals surface area contributed by atoms with Gasteiger partial charge in [-0.15, -0.1) is 0 Å². The van der Waals surface area contributed by atoms with Crippen LogP contribution in [0.5, 0.6) is 5.75 Å². The van der Waals surface area contributed by atoms with Crippen LogP contribution in [0.3, 0.4) is 0 Å². The molecule has 0 radical (unpaired) electrons. The highest BCUT2D eigenvalue weighted by molar-refractivity contribution is 6.37. The van der Waals surface area contributed by atoms with Crippen LogP contribution in [-0.2, 0) is 12.7 Å². The van der Waals surface area contributed by atoms with Crippen molar-refractivity contribution >= 4 is 34.8 Å². The van der Waals surface area contributed by atoms with Crippen LogP contribution < -0.4 is 4.90 Å². The minimum atomic E-state index is -4.70. The number of aromatic amines is 1. The summed E-state index contributed by atoms with van der Waals surface area (Å²) in [6, 6.07) is 4.16. The standard InChI is InChI=1S/C17H10Cl2F4N4O2/c18-11-4-10(5-12(19)14(11)28)27(16(29)15-24-7-25-26-15)6-8-3-9(17(21,22)23)1-2-13(8)20/h1-5,7,28H,6H2,(H,24,25,26). The van der Waals surface area contributed by atoms with Crippen LogP contribution in [0.4, 0.5) is 23.2 Å². The van der Waals surface area contributed by atoms with Crippen molar-refractivity contribution in [2.24, 2.45) is 0 Å². The smallest absolute Gasteiger partial charge is 0.416 e. The topological polar surface area (TPSA) is 82.1 Å². The second kappa shape index (κ2) is 7.88. The normalized spacial score (nSPS) is 11.5. The molecule has 0 saturated heterocycles. The zero-order valence-corrected chi connectivity index (χ0v) is 15.6. The van der Waals surface area contributed by atoms with Crippen molar-refractivity contribution in [3.8, 4) is 5.75 Å². The number of alkyl halides is 3. The first-order valence-corrected chi connectivity index (χ1v) is 8.54. The zero-order valence-electron chi connectivity index (χ0n) is 14.1. The fourth-order valence-corrected chi connectivity index (χ4v) is 2.94. The number of hydrogen-bond donors (Lipinski definition) is 2. The van der Waals surface area contributed by atoms with Crippen LogP contribution in [0.1, 0.15) is 21.7 Å². The SMILES string of the molecule is O=C(c1ncn[nH]1)N(Cc1cc(C(F)(F)F)ccc1F)c1cc(Cl)c(O)c(Cl)c1. The van der Waals surface area contributed by atoms with Crippen LogP contribution in [0.15, 0.2) is 36.7 Å². The van der Waals surface area contributed by atoms with E-state index in [2.05, 4.69) is 15.2 Å². The Morgan fingerprint density at radius 3 is 2.38 bits per heavy atom. The number of aromatic nitrogens is 3. The number of carbonyl (C=O) groups is 1. The maximum absolute atomic E-state index is 14.2. The predicted octanol–water partition coefficient (Wildman–Crippen LogP) is 4.82. The monoisotopic (exact) mass is 448 g/mol. The van der Waals surface area contributed by atoms with Gasteiger partial charge in [-0.3, -0.25) is 9.89 Å². The van der Waals surface area contributed by atoms with Crippen molar-refractivity contribution in [2.45, 2.75) is 12.7 Å². The summed E-state index contributed by atoms with van der Waals surface area (Å²) in [5, 5.41) is 15.1. The molecule has 0 spiro atoms. The van der Waals surface area contributed by atoms with Crippen LogP contribution >= 0.6 is 23.2 Å². The second-order valence-electron chi connectivity index (χ2n) is 5.79. The number of phenolic OH excluding ortho intramolecular Hbond substituents is 1. The summed E-state index contributed by atoms with van der Waals surface area (Å²) >= 11 is 11.8. The molecule has 0 saturated carbocycles. The molecule has 3 aromatic rings. The first-order chi connectivity index (χ1) is 13.6. The maximum Gasteiger partial charge on any atom is 0.416 e. The van der Waals surface area contributed by atoms with Crippen LogP contribution in [0.2, 0.25) is 10.0 Å². The molecule has 2 aromatic carbocycles. The highest BCUT2D eigenvalue weighted by Crippen LogP contribution is 2.37. The number of H-pyrrole nitrogens is 1. The molecule has 0 atom stereocenters. The molecule has 0 bridgehead atoms. The molecule has 0 aliphatic rings. The second-order valence-corrected chi connectivity index (χ2v) is 6.60. The number of amides is 1. The van der Waals surface area contributed by atoms with E-state index in [1.54, 1.807) is 0 Å². The van der Waals surface area contributed by atoms with E-state index in [1.807, 2.05) is 0 Å². The van der Waals surface area contributed by atoms with E-state index < -0.39 is 41.3 Å². The van der Waals surface area contributed by atoms with Gasteiger partial charge < -0.3 is 10.0 Å². The number of benzene rings is 2. The minimum Gasteiger partial charge on any atom is -0.505 e. The fraction of sp³-hybridized carbons (Fsp3) is 0.118. The number of phenols is 1. The molecule has 29 heavy (non-hydrogen) atoms. The minimum absolute atomic E-state index is 0.00369. The molecular formula is C17H10Cl2F4N4O2. The lowest BCUT2D eigenvalue weighted by molar-refractivity contribution is -0.137. The van der Waals surface area contributed by atoms with Crippen molar-refractivity contribution in [1.29, 1.82) is 0 Å². The van der Waals surface area contributed by atoms with E-state index >= 15 is 0 Å². The first-order valence-electron chi connectivity index (χ1n) is 7.78. The molecule has 12 heteroatoms. The first kappa shape index (κ1) is 20.9. The summed E-state index contributed by atoms with van der Waals surface area (Å²) in [5.74, 6) is -2.49. The Hall–Kier alpha value is -2.85. The molecule has 1 heterocycles. The van der Waals surface area contributed by atoms with Crippen LogP contribution in [-0.4, -0.2) is 26.2 Å². The van der Waals surface area contributed by atoms with Crippen LogP contribution in [0, 0.1) is 5.82 Å². The van der Waals surface area contributed by atoms with Gasteiger partial charge in [0.1, 0.15) is 12.1 Å². The summed E-state index contributed by atoms with van der Waals surface area (Å²) in [4.78, 5) is 17.4. The number of nitrogens with zero attached hydrogens (tertiary/aromatic N) is 3. The van der Waals surface area contributed by atoms with Gasteiger partial charge in [0.15, 0.2) is 5.75 Å². The number of nitrogens with one attached hydrogen (secondary N) is 1. The van der Waals surface area contributed by atoms with E-state index in [9.17, 15) is 27.5 Å². The summed E-state index contributed by atoms with van der Waals surface area (Å²) in [5.41, 5.74) is -1.49. The lowest BCUT2D eigenvalue weighted by atomic mass is 10.1. The van der Waals surface area contributed by atoms with Gasteiger partial charge in [-0.1, -0.05) is 23.2 Å². The Bertz CT molecular complexity index is 1040. The van der Waals surface area contributed by atoms with Gasteiger partial charge in [0.05, 0.1) is 22.2 Å². The van der Waals surface area contributed by atoms with Gasteiger partial charge in [0, 0.05) is 11.3 Å². The Morgan fingerprint density at radius 1 is 1.17 bits per heavy atom. The Labute approximate surface area is 170 Å². The summed E-state index contributed by atoms with van der Waals surface area (Å²) in [7, 11) is 0. The van der Waals surface area contributed by atoms with E-state index in [0.717, 1.165) is 23.4 Å². The average Bonchev–Trinajstić information content (AvgIpc) is 3.18. The number of hydrogen-bond acceptors (Lipinski definition) is 4. The molecule has 3 rings (SSSR count). The highest BCUT2D eigenvalue weighted by Gasteiger charge is 2.32. The van der Waals surface area contributed by atoms with Crippen molar-refractivity contribution < 1.29 is 27.5 Å². The lowest BCUT2D eigenvalue weighted by Crippen LogP contribution is -2.32. The van der Waals surface area contributed by atoms with Crippen molar-refractivity contribution in [3.05, 3.63) is 69.5 Å². The Kier molecular flexibility index (Phi) is 5.67. The van der Waals surface area contributed by atoms with E-state index in [0.29, 0.717) is 18.2 Å². The van der Waals surface area contributed by atoms with Crippen molar-refractivity contribution in [1.82, 2.24) is 15.2 Å². The molecule has 2 N–H and O–H groups in total. The highest BCUT2D eigenvalue weighted by atomic mass is 35.5. The van der Waals surface area contributed by atoms with Gasteiger partial charge in [0.25, 0.3) is 5.91 Å². The summed E-state index contributed by atoms with van der Waals surface area (Å²) < 4.78 is 53.2. The van der Waals surface area contributed by atoms with Crippen molar-refractivity contribution in [3.63, 3.8) is 0 Å². The van der Waals surface area contributed by atoms with Gasteiger partial charge in [-0.05, 0) is 30.3 Å². The third kappa shape index (κ3) is 4.43. The summed E-state index contributed by atoms with van der Waals surface area (Å²) in [6.07, 6.45) is -3.65. The van der Waals surface area contributed by atoms with Gasteiger partial charge in [-0.25, -0.2) is 9.37 Å². The third-order valence-corrected chi connectivity index (χ3v) is 4.45. The predicted molar refractivity (Wildman–Crippen MR) is 96.4 cm³/mol. The average molecular weight is 449 g/mol. The lowest BCUT2D eigenvalue weighted by Gasteiger charge is -2.23. The summed E-state index contributed by atoms with van der Waals surface area (Å²) in [6.45, 7) is -0.604. The van der Waals surface area contributed by atoms with Crippen molar-refractivity contribution in [2.75, 3.05) is 4.90 Å². The number of rotatable bonds is 4. The molecule has 1 aromatic heterocycles. The Morgan fingerprint density at radius 2 is 1.83 bits per heavy atom. The molecule has 6 nitrogen and oxygen atoms in total. The van der Waals surface area contributed by atoms with Gasteiger partial charge in [0.2, 0.25) is 5.82 Å². The van der Waals surface area contributed by atoms with Crippen LogP contribution in [0.25, 0.3) is 0 Å². The van der Waals surface area contributed by atoms with E-state index in [1.165, 1.54) is 0 Å². The molecule has 152 valence electrons. The largest absolute Gasteiger partial charge is 0.505 e. The number of halogens is 6. The van der Waals surface area contributed by atoms with Gasteiger partial charge >= 0.3 is 6.18 Å². The van der Waals surface area contributed by atoms with E-state index in [-0.39, 0.29) is 21.6 Å². The molecule has 0 aliphatic carbocycles. The quantitative estimate of drug-likeness (QED) is 0.560. The third-order valence-electron chi connectivity index (χ3n) is 3.88. The maximum atomic E-state index is 14.2. The van der Waals surface area contributed by atoms with Gasteiger partial charge in [-0.2, -0.15) is 18.3 Å². The number of aromatic hydroxyl groups is 1. The Balaban J connectivity index is 2.09. The molecule has 1 amide bonds. The number of anilines is 1. The molecule has 0 unspecified atom stereocenters. The number of carbonyl (C=O) groups excluding carboxylic acids is 1. The zero-order chi connectivity index (χ0) is 21.3. The molecule has 0 fully saturated rings.